The van der Waals surface area contributed by atoms with Crippen LogP contribution in [0.5, 0.6) is 0 Å². The Morgan fingerprint density at radius 3 is 2.65 bits per heavy atom. The maximum absolute atomic E-state index is 11.9. The SMILES string of the molecule is NS(=O)(=O)c1csc(C(=O)c2ccccn2)c1. The molecule has 0 radical (unpaired) electrons. The Labute approximate surface area is 102 Å². The molecule has 0 saturated carbocycles. The molecule has 0 aliphatic heterocycles. The molecule has 0 unspecified atom stereocenters. The van der Waals surface area contributed by atoms with Crippen LogP contribution in [0.2, 0.25) is 0 Å². The molecule has 0 aliphatic carbocycles. The predicted molar refractivity (Wildman–Crippen MR) is 63.4 cm³/mol. The lowest BCUT2D eigenvalue weighted by atomic mass is 10.2. The fourth-order valence-electron chi connectivity index (χ4n) is 1.21. The van der Waals surface area contributed by atoms with Gasteiger partial charge in [-0.3, -0.25) is 9.78 Å². The summed E-state index contributed by atoms with van der Waals surface area (Å²) in [6.45, 7) is 0. The monoisotopic (exact) mass is 268 g/mol. The minimum atomic E-state index is -3.76. The quantitative estimate of drug-likeness (QED) is 0.841. The van der Waals surface area contributed by atoms with Crippen molar-refractivity contribution in [1.29, 1.82) is 0 Å². The van der Waals surface area contributed by atoms with Crippen LogP contribution in [0.3, 0.4) is 0 Å². The number of primary sulfonamides is 1. The fourth-order valence-corrected chi connectivity index (χ4v) is 2.97. The van der Waals surface area contributed by atoms with Crippen molar-refractivity contribution in [2.45, 2.75) is 4.90 Å². The molecule has 0 atom stereocenters. The van der Waals surface area contributed by atoms with Crippen LogP contribution in [0.1, 0.15) is 15.4 Å². The van der Waals surface area contributed by atoms with Gasteiger partial charge in [-0.05, 0) is 18.2 Å². The van der Waals surface area contributed by atoms with Crippen LogP contribution in [-0.4, -0.2) is 19.2 Å². The molecule has 0 amide bonds. The Kier molecular flexibility index (Phi) is 3.05. The van der Waals surface area contributed by atoms with Gasteiger partial charge in [0, 0.05) is 11.6 Å². The molecule has 2 N–H and O–H groups in total. The van der Waals surface area contributed by atoms with E-state index in [1.165, 1.54) is 17.6 Å². The second-order valence-corrected chi connectivity index (χ2v) is 5.71. The van der Waals surface area contributed by atoms with Gasteiger partial charge in [0.25, 0.3) is 0 Å². The molecule has 0 aromatic carbocycles. The minimum Gasteiger partial charge on any atom is -0.286 e. The van der Waals surface area contributed by atoms with Crippen molar-refractivity contribution in [3.63, 3.8) is 0 Å². The van der Waals surface area contributed by atoms with Gasteiger partial charge in [-0.25, -0.2) is 13.6 Å². The highest BCUT2D eigenvalue weighted by molar-refractivity contribution is 7.89. The van der Waals surface area contributed by atoms with E-state index < -0.39 is 10.0 Å². The van der Waals surface area contributed by atoms with Gasteiger partial charge < -0.3 is 0 Å². The van der Waals surface area contributed by atoms with Crippen molar-refractivity contribution in [1.82, 2.24) is 4.98 Å². The van der Waals surface area contributed by atoms with Crippen molar-refractivity contribution in [2.24, 2.45) is 5.14 Å². The van der Waals surface area contributed by atoms with Crippen LogP contribution in [-0.2, 0) is 10.0 Å². The lowest BCUT2D eigenvalue weighted by Crippen LogP contribution is -2.11. The average Bonchev–Trinajstić information content (AvgIpc) is 2.78. The molecule has 2 rings (SSSR count). The summed E-state index contributed by atoms with van der Waals surface area (Å²) in [5.74, 6) is -0.314. The Hall–Kier alpha value is -1.57. The Morgan fingerprint density at radius 1 is 1.35 bits per heavy atom. The molecule has 7 heteroatoms. The van der Waals surface area contributed by atoms with Crippen molar-refractivity contribution >= 4 is 27.1 Å². The zero-order valence-electron chi connectivity index (χ0n) is 8.53. The number of nitrogens with zero attached hydrogens (tertiary/aromatic N) is 1. The van der Waals surface area contributed by atoms with E-state index in [0.29, 0.717) is 4.88 Å². The van der Waals surface area contributed by atoms with Crippen LogP contribution in [0, 0.1) is 0 Å². The van der Waals surface area contributed by atoms with Crippen molar-refractivity contribution in [2.75, 3.05) is 0 Å². The van der Waals surface area contributed by atoms with Crippen molar-refractivity contribution in [3.05, 3.63) is 46.4 Å². The maximum atomic E-state index is 11.9. The largest absolute Gasteiger partial charge is 0.286 e. The number of rotatable bonds is 3. The lowest BCUT2D eigenvalue weighted by molar-refractivity contribution is 0.103. The molecule has 0 saturated heterocycles. The molecule has 2 aromatic heterocycles. The van der Waals surface area contributed by atoms with Gasteiger partial charge in [0.2, 0.25) is 15.8 Å². The van der Waals surface area contributed by atoms with Crippen LogP contribution in [0.15, 0.2) is 40.7 Å². The fraction of sp³-hybridized carbons (Fsp3) is 0. The summed E-state index contributed by atoms with van der Waals surface area (Å²) in [6.07, 6.45) is 1.50. The Bertz CT molecular complexity index is 647. The zero-order valence-corrected chi connectivity index (χ0v) is 10.2. The van der Waals surface area contributed by atoms with Crippen LogP contribution in [0.25, 0.3) is 0 Å². The molecule has 88 valence electrons. The number of carbonyl (C=O) groups excluding carboxylic acids is 1. The average molecular weight is 268 g/mol. The summed E-state index contributed by atoms with van der Waals surface area (Å²) < 4.78 is 22.1. The summed E-state index contributed by atoms with van der Waals surface area (Å²) in [4.78, 5) is 16.0. The number of hydrogen-bond acceptors (Lipinski definition) is 5. The van der Waals surface area contributed by atoms with Crippen LogP contribution >= 0.6 is 11.3 Å². The first kappa shape index (κ1) is 11.9. The summed E-state index contributed by atoms with van der Waals surface area (Å²) in [7, 11) is -3.76. The third-order valence-corrected chi connectivity index (χ3v) is 4.00. The molecule has 2 aromatic rings. The zero-order chi connectivity index (χ0) is 12.5. The Morgan fingerprint density at radius 2 is 2.12 bits per heavy atom. The van der Waals surface area contributed by atoms with E-state index in [0.717, 1.165) is 11.3 Å². The third-order valence-electron chi connectivity index (χ3n) is 2.03. The van der Waals surface area contributed by atoms with E-state index in [4.69, 9.17) is 5.14 Å². The number of thiophene rings is 1. The van der Waals surface area contributed by atoms with Gasteiger partial charge in [-0.2, -0.15) is 0 Å². The topological polar surface area (TPSA) is 90.1 Å². The molecular formula is C10H8N2O3S2. The van der Waals surface area contributed by atoms with E-state index in [9.17, 15) is 13.2 Å². The molecule has 0 bridgehead atoms. The lowest BCUT2D eigenvalue weighted by Gasteiger charge is -1.95. The maximum Gasteiger partial charge on any atom is 0.238 e. The standard InChI is InChI=1S/C10H8N2O3S2/c11-17(14,15)7-5-9(16-6-7)10(13)8-3-1-2-4-12-8/h1-6H,(H2,11,14,15). The number of ketones is 1. The third kappa shape index (κ3) is 2.57. The highest BCUT2D eigenvalue weighted by Gasteiger charge is 2.16. The van der Waals surface area contributed by atoms with Gasteiger partial charge >= 0.3 is 0 Å². The van der Waals surface area contributed by atoms with Gasteiger partial charge in [0.1, 0.15) is 5.69 Å². The van der Waals surface area contributed by atoms with E-state index in [2.05, 4.69) is 4.98 Å². The summed E-state index contributed by atoms with van der Waals surface area (Å²) in [6, 6.07) is 6.21. The molecule has 0 spiro atoms. The van der Waals surface area contributed by atoms with Gasteiger partial charge in [0.15, 0.2) is 0 Å². The minimum absolute atomic E-state index is 0.0539. The van der Waals surface area contributed by atoms with E-state index in [1.54, 1.807) is 18.2 Å². The van der Waals surface area contributed by atoms with Crippen LogP contribution < -0.4 is 5.14 Å². The number of carbonyl (C=O) groups is 1. The van der Waals surface area contributed by atoms with Gasteiger partial charge in [-0.15, -0.1) is 11.3 Å². The summed E-state index contributed by atoms with van der Waals surface area (Å²) in [5.41, 5.74) is 0.273. The van der Waals surface area contributed by atoms with Crippen LogP contribution in [0.4, 0.5) is 0 Å². The normalized spacial score (nSPS) is 11.4. The van der Waals surface area contributed by atoms with Crippen molar-refractivity contribution in [3.8, 4) is 0 Å². The molecule has 0 fully saturated rings. The van der Waals surface area contributed by atoms with E-state index in [-0.39, 0.29) is 16.4 Å². The predicted octanol–water partition coefficient (Wildman–Crippen LogP) is 1.02. The first-order valence-electron chi connectivity index (χ1n) is 4.55. The Balaban J connectivity index is 2.37. The first-order valence-corrected chi connectivity index (χ1v) is 6.98. The number of aromatic nitrogens is 1. The number of sulfonamides is 1. The first-order chi connectivity index (χ1) is 7.98. The molecule has 17 heavy (non-hydrogen) atoms. The highest BCUT2D eigenvalue weighted by Crippen LogP contribution is 2.20. The summed E-state index contributed by atoms with van der Waals surface area (Å²) in [5, 5.41) is 6.30. The molecule has 0 aliphatic rings. The van der Waals surface area contributed by atoms with Gasteiger partial charge in [-0.1, -0.05) is 6.07 Å². The second-order valence-electron chi connectivity index (χ2n) is 3.24. The number of nitrogens with two attached hydrogens (primary N) is 1. The van der Waals surface area contributed by atoms with E-state index >= 15 is 0 Å². The molecular weight excluding hydrogens is 260 g/mol. The van der Waals surface area contributed by atoms with Crippen molar-refractivity contribution < 1.29 is 13.2 Å². The summed E-state index contributed by atoms with van der Waals surface area (Å²) >= 11 is 1.03. The molecule has 2 heterocycles. The van der Waals surface area contributed by atoms with Gasteiger partial charge in [0.05, 0.1) is 9.77 Å². The molecule has 5 nitrogen and oxygen atoms in total. The smallest absolute Gasteiger partial charge is 0.238 e. The number of hydrogen-bond donors (Lipinski definition) is 1. The highest BCUT2D eigenvalue weighted by atomic mass is 32.2. The second kappa shape index (κ2) is 4.36. The number of pyridine rings is 1. The van der Waals surface area contributed by atoms with E-state index in [1.807, 2.05) is 0 Å².